The summed E-state index contributed by atoms with van der Waals surface area (Å²) in [5.74, 6) is -0.623. The summed E-state index contributed by atoms with van der Waals surface area (Å²) in [7, 11) is 0. The van der Waals surface area contributed by atoms with E-state index < -0.39 is 11.8 Å². The first kappa shape index (κ1) is 14.5. The molecule has 21 heavy (non-hydrogen) atoms. The van der Waals surface area contributed by atoms with Gasteiger partial charge in [0.05, 0.1) is 0 Å². The number of benzene rings is 2. The van der Waals surface area contributed by atoms with E-state index in [1.54, 1.807) is 24.3 Å². The molecule has 0 amide bonds. The number of carbonyl (C=O) groups excluding carboxylic acids is 2. The maximum Gasteiger partial charge on any atom is 0.335 e. The Morgan fingerprint density at radius 1 is 1.10 bits per heavy atom. The fraction of sp³-hybridized carbons (Fsp3) is 0. The van der Waals surface area contributed by atoms with Crippen molar-refractivity contribution in [3.8, 4) is 22.6 Å². The number of carbonyl (C=O) groups is 2. The Bertz CT molecular complexity index is 677. The Kier molecular flexibility index (Phi) is 4.46. The minimum Gasteiger partial charge on any atom is -0.429 e. The van der Waals surface area contributed by atoms with Crippen LogP contribution in [0.25, 0.3) is 11.1 Å². The molecule has 2 rings (SSSR count). The Morgan fingerprint density at radius 3 is 2.33 bits per heavy atom. The van der Waals surface area contributed by atoms with Crippen LogP contribution in [-0.2, 0) is 9.59 Å². The second-order valence-electron chi connectivity index (χ2n) is 4.01. The summed E-state index contributed by atoms with van der Waals surface area (Å²) in [6.45, 7) is 3.53. The fourth-order valence-corrected chi connectivity index (χ4v) is 1.72. The molecule has 0 aliphatic rings. The van der Waals surface area contributed by atoms with Crippen molar-refractivity contribution < 1.29 is 23.5 Å². The van der Waals surface area contributed by atoms with Gasteiger partial charge in [0.25, 0.3) is 6.47 Å². The van der Waals surface area contributed by atoms with Crippen LogP contribution in [0.5, 0.6) is 11.5 Å². The molecule has 0 saturated heterocycles. The first-order valence-electron chi connectivity index (χ1n) is 5.98. The number of esters is 1. The molecule has 4 nitrogen and oxygen atoms in total. The predicted octanol–water partition coefficient (Wildman–Crippen LogP) is 3.12. The van der Waals surface area contributed by atoms with Crippen LogP contribution in [0.4, 0.5) is 4.39 Å². The molecule has 0 saturated carbocycles. The monoisotopic (exact) mass is 286 g/mol. The lowest BCUT2D eigenvalue weighted by molar-refractivity contribution is -0.129. The van der Waals surface area contributed by atoms with Gasteiger partial charge in [0, 0.05) is 17.7 Å². The van der Waals surface area contributed by atoms with Crippen LogP contribution in [0.15, 0.2) is 55.1 Å². The zero-order valence-corrected chi connectivity index (χ0v) is 10.9. The molecule has 0 aliphatic carbocycles. The van der Waals surface area contributed by atoms with Crippen LogP contribution in [-0.4, -0.2) is 12.4 Å². The molecule has 2 aromatic carbocycles. The Balaban J connectivity index is 2.24. The Hall–Kier alpha value is -2.95. The van der Waals surface area contributed by atoms with Gasteiger partial charge in [0.15, 0.2) is 0 Å². The van der Waals surface area contributed by atoms with Gasteiger partial charge in [-0.2, -0.15) is 0 Å². The first-order valence-corrected chi connectivity index (χ1v) is 5.98. The highest BCUT2D eigenvalue weighted by Gasteiger charge is 2.08. The summed E-state index contributed by atoms with van der Waals surface area (Å²) < 4.78 is 23.4. The largest absolute Gasteiger partial charge is 0.429 e. The molecule has 106 valence electrons. The van der Waals surface area contributed by atoms with Crippen LogP contribution in [0.2, 0.25) is 0 Å². The molecule has 0 heterocycles. The minimum absolute atomic E-state index is 0.128. The Labute approximate surface area is 120 Å². The van der Waals surface area contributed by atoms with Crippen molar-refractivity contribution in [1.82, 2.24) is 0 Å². The minimum atomic E-state index is -0.565. The normalized spacial score (nSPS) is 9.76. The van der Waals surface area contributed by atoms with Gasteiger partial charge < -0.3 is 9.47 Å². The summed E-state index contributed by atoms with van der Waals surface area (Å²) in [4.78, 5) is 21.2. The fourth-order valence-electron chi connectivity index (χ4n) is 1.72. The molecule has 0 N–H and O–H groups in total. The van der Waals surface area contributed by atoms with E-state index >= 15 is 0 Å². The molecule has 0 bridgehead atoms. The zero-order valence-electron chi connectivity index (χ0n) is 10.9. The number of hydrogen-bond acceptors (Lipinski definition) is 4. The summed E-state index contributed by atoms with van der Waals surface area (Å²) >= 11 is 0. The van der Waals surface area contributed by atoms with Crippen LogP contribution >= 0.6 is 0 Å². The molecular formula is C16H11FO4. The van der Waals surface area contributed by atoms with E-state index in [2.05, 4.69) is 11.3 Å². The zero-order chi connectivity index (χ0) is 15.2. The van der Waals surface area contributed by atoms with Gasteiger partial charge in [-0.15, -0.1) is 0 Å². The van der Waals surface area contributed by atoms with Crippen molar-refractivity contribution in [3.05, 3.63) is 60.9 Å². The number of rotatable bonds is 5. The van der Waals surface area contributed by atoms with Crippen molar-refractivity contribution in [1.29, 1.82) is 0 Å². The summed E-state index contributed by atoms with van der Waals surface area (Å²) in [5.41, 5.74) is 0.943. The topological polar surface area (TPSA) is 52.6 Å². The maximum absolute atomic E-state index is 13.9. The van der Waals surface area contributed by atoms with E-state index in [0.717, 1.165) is 12.1 Å². The van der Waals surface area contributed by atoms with E-state index in [1.165, 1.54) is 12.1 Å². The second-order valence-corrected chi connectivity index (χ2v) is 4.01. The highest BCUT2D eigenvalue weighted by Crippen LogP contribution is 2.27. The van der Waals surface area contributed by atoms with Gasteiger partial charge >= 0.3 is 5.97 Å². The molecule has 0 unspecified atom stereocenters. The lowest BCUT2D eigenvalue weighted by Gasteiger charge is -2.06. The molecule has 0 radical (unpaired) electrons. The molecule has 0 fully saturated rings. The third-order valence-corrected chi connectivity index (χ3v) is 2.68. The third kappa shape index (κ3) is 3.54. The second kappa shape index (κ2) is 6.47. The maximum atomic E-state index is 13.9. The first-order chi connectivity index (χ1) is 10.1. The highest BCUT2D eigenvalue weighted by atomic mass is 19.1. The van der Waals surface area contributed by atoms with E-state index in [4.69, 9.17) is 4.74 Å². The van der Waals surface area contributed by atoms with Crippen LogP contribution in [0.3, 0.4) is 0 Å². The van der Waals surface area contributed by atoms with Crippen molar-refractivity contribution in [2.45, 2.75) is 0 Å². The van der Waals surface area contributed by atoms with Crippen molar-refractivity contribution in [2.24, 2.45) is 0 Å². The summed E-state index contributed by atoms with van der Waals surface area (Å²) in [5, 5.41) is 0. The number of ether oxygens (including phenoxy) is 2. The lowest BCUT2D eigenvalue weighted by Crippen LogP contribution is -2.02. The molecule has 2 aromatic rings. The quantitative estimate of drug-likeness (QED) is 0.367. The lowest BCUT2D eigenvalue weighted by atomic mass is 10.0. The van der Waals surface area contributed by atoms with Gasteiger partial charge in [0.2, 0.25) is 0 Å². The van der Waals surface area contributed by atoms with E-state index in [0.29, 0.717) is 16.9 Å². The van der Waals surface area contributed by atoms with Crippen molar-refractivity contribution >= 4 is 12.4 Å². The van der Waals surface area contributed by atoms with Gasteiger partial charge in [-0.3, -0.25) is 4.79 Å². The van der Waals surface area contributed by atoms with Crippen molar-refractivity contribution in [3.63, 3.8) is 0 Å². The molecule has 5 heteroatoms. The average molecular weight is 286 g/mol. The average Bonchev–Trinajstić information content (AvgIpc) is 2.49. The van der Waals surface area contributed by atoms with Crippen LogP contribution < -0.4 is 9.47 Å². The molecule has 0 aromatic heterocycles. The molecular weight excluding hydrogens is 275 g/mol. The van der Waals surface area contributed by atoms with Crippen LogP contribution in [0.1, 0.15) is 0 Å². The molecule has 0 atom stereocenters. The third-order valence-electron chi connectivity index (χ3n) is 2.68. The van der Waals surface area contributed by atoms with Gasteiger partial charge in [-0.1, -0.05) is 18.7 Å². The molecule has 0 aliphatic heterocycles. The van der Waals surface area contributed by atoms with E-state index in [9.17, 15) is 14.0 Å². The molecule has 0 spiro atoms. The summed E-state index contributed by atoms with van der Waals surface area (Å²) in [6, 6.07) is 10.4. The Morgan fingerprint density at radius 2 is 1.76 bits per heavy atom. The van der Waals surface area contributed by atoms with Crippen molar-refractivity contribution in [2.75, 3.05) is 0 Å². The number of hydrogen-bond donors (Lipinski definition) is 0. The van der Waals surface area contributed by atoms with Gasteiger partial charge in [-0.05, 0) is 29.8 Å². The smallest absolute Gasteiger partial charge is 0.335 e. The van der Waals surface area contributed by atoms with Gasteiger partial charge in [-0.25, -0.2) is 9.18 Å². The van der Waals surface area contributed by atoms with E-state index in [-0.39, 0.29) is 12.2 Å². The van der Waals surface area contributed by atoms with Crippen LogP contribution in [0, 0.1) is 5.82 Å². The predicted molar refractivity (Wildman–Crippen MR) is 74.4 cm³/mol. The SMILES string of the molecule is C=CC(=O)Oc1ccc(-c2ccc(OC=O)cc2F)cc1. The van der Waals surface area contributed by atoms with E-state index in [1.807, 2.05) is 0 Å². The standard InChI is InChI=1S/C16H11FO4/c1-2-16(19)21-12-5-3-11(4-6-12)14-8-7-13(20-10-18)9-15(14)17/h2-10H,1H2. The number of halogens is 1. The van der Waals surface area contributed by atoms with Gasteiger partial charge in [0.1, 0.15) is 17.3 Å². The highest BCUT2D eigenvalue weighted by molar-refractivity contribution is 5.83. The summed E-state index contributed by atoms with van der Waals surface area (Å²) in [6.07, 6.45) is 1.05.